The zero-order valence-corrected chi connectivity index (χ0v) is 20.0. The number of hydrogen-bond acceptors (Lipinski definition) is 5. The van der Waals surface area contributed by atoms with Crippen LogP contribution in [0.5, 0.6) is 0 Å². The summed E-state index contributed by atoms with van der Waals surface area (Å²) in [4.78, 5) is 16.7. The van der Waals surface area contributed by atoms with Crippen molar-refractivity contribution in [1.82, 2.24) is 19.8 Å². The maximum atomic E-state index is 12.2. The van der Waals surface area contributed by atoms with E-state index < -0.39 is 0 Å². The van der Waals surface area contributed by atoms with Crippen LogP contribution in [0.4, 0.5) is 5.69 Å². The van der Waals surface area contributed by atoms with Crippen molar-refractivity contribution < 1.29 is 9.90 Å². The predicted molar refractivity (Wildman–Crippen MR) is 133 cm³/mol. The number of fused-ring (bicyclic) bond motifs is 1. The van der Waals surface area contributed by atoms with Crippen molar-refractivity contribution in [2.45, 2.75) is 90.9 Å². The number of hydrogen-bond donors (Lipinski definition) is 2. The van der Waals surface area contributed by atoms with Gasteiger partial charge in [-0.05, 0) is 37.6 Å². The zero-order chi connectivity index (χ0) is 23.5. The number of aliphatic hydroxyl groups is 1. The number of aliphatic hydroxyl groups excluding tert-OH is 1. The average molecular weight is 452 g/mol. The lowest BCUT2D eigenvalue weighted by molar-refractivity contribution is -0.116. The van der Waals surface area contributed by atoms with E-state index in [2.05, 4.69) is 27.4 Å². The van der Waals surface area contributed by atoms with Crippen molar-refractivity contribution in [3.05, 3.63) is 35.2 Å². The molecule has 2 heterocycles. The topological polar surface area (TPSA) is 92.4 Å². The molecule has 3 rings (SSSR count). The third-order valence-electron chi connectivity index (χ3n) is 6.03. The highest BCUT2D eigenvalue weighted by Gasteiger charge is 2.12. The molecule has 0 spiro atoms. The first-order valence-corrected chi connectivity index (χ1v) is 12.4. The largest absolute Gasteiger partial charge is 0.515 e. The Morgan fingerprint density at radius 1 is 0.939 bits per heavy atom. The van der Waals surface area contributed by atoms with Gasteiger partial charge in [-0.3, -0.25) is 4.79 Å². The second kappa shape index (κ2) is 12.9. The van der Waals surface area contributed by atoms with E-state index in [1.54, 1.807) is 6.92 Å². The van der Waals surface area contributed by atoms with E-state index in [-0.39, 0.29) is 5.91 Å². The second-order valence-corrected chi connectivity index (χ2v) is 8.79. The summed E-state index contributed by atoms with van der Waals surface area (Å²) in [6.07, 6.45) is 15.6. The number of benzene rings is 1. The van der Waals surface area contributed by atoms with Crippen molar-refractivity contribution >= 4 is 23.5 Å². The Kier molecular flexibility index (Phi) is 9.66. The molecule has 7 nitrogen and oxygen atoms in total. The summed E-state index contributed by atoms with van der Waals surface area (Å²) >= 11 is 0. The van der Waals surface area contributed by atoms with Crippen molar-refractivity contribution in [3.63, 3.8) is 0 Å². The number of carbonyl (C=O) groups excluding carboxylic acids is 1. The van der Waals surface area contributed by atoms with E-state index in [9.17, 15) is 9.90 Å². The minimum atomic E-state index is 0.0558. The van der Waals surface area contributed by atoms with E-state index in [1.807, 2.05) is 24.3 Å². The van der Waals surface area contributed by atoms with Crippen molar-refractivity contribution in [2.24, 2.45) is 0 Å². The highest BCUT2D eigenvalue weighted by Crippen LogP contribution is 2.19. The van der Waals surface area contributed by atoms with Gasteiger partial charge in [0.15, 0.2) is 11.5 Å². The molecule has 178 valence electrons. The molecule has 1 amide bonds. The van der Waals surface area contributed by atoms with Crippen molar-refractivity contribution in [1.29, 1.82) is 0 Å². The van der Waals surface area contributed by atoms with E-state index in [0.717, 1.165) is 30.4 Å². The molecule has 33 heavy (non-hydrogen) atoms. The molecule has 0 bridgehead atoms. The van der Waals surface area contributed by atoms with E-state index in [1.165, 1.54) is 62.4 Å². The van der Waals surface area contributed by atoms with Crippen LogP contribution in [-0.4, -0.2) is 30.8 Å². The van der Waals surface area contributed by atoms with E-state index in [4.69, 9.17) is 0 Å². The van der Waals surface area contributed by atoms with Gasteiger partial charge in [-0.2, -0.15) is 5.10 Å². The third-order valence-corrected chi connectivity index (χ3v) is 6.03. The van der Waals surface area contributed by atoms with Crippen molar-refractivity contribution in [2.75, 3.05) is 5.32 Å². The summed E-state index contributed by atoms with van der Waals surface area (Å²) in [5.41, 5.74) is 2.79. The lowest BCUT2D eigenvalue weighted by Crippen LogP contribution is -2.10. The summed E-state index contributed by atoms with van der Waals surface area (Å²) < 4.78 is 1.43. The molecule has 1 aromatic carbocycles. The number of aryl methyl sites for hydroxylation is 1. The average Bonchev–Trinajstić information content (AvgIpc) is 3.34. The fraction of sp³-hybridized carbons (Fsp3) is 0.538. The van der Waals surface area contributed by atoms with Crippen LogP contribution in [0.15, 0.2) is 24.3 Å². The maximum absolute atomic E-state index is 12.2. The minimum Gasteiger partial charge on any atom is -0.515 e. The first-order valence-electron chi connectivity index (χ1n) is 12.4. The Hall–Kier alpha value is -2.96. The molecule has 0 radical (unpaired) electrons. The Balaban J connectivity index is 1.35. The van der Waals surface area contributed by atoms with E-state index in [0.29, 0.717) is 28.8 Å². The molecule has 2 N–H and O–H groups in total. The van der Waals surface area contributed by atoms with Crippen LogP contribution in [-0.2, 0) is 4.79 Å². The molecule has 7 heteroatoms. The number of aromatic nitrogens is 4. The van der Waals surface area contributed by atoms with Crippen LogP contribution in [0, 0.1) is 6.92 Å². The normalized spacial score (nSPS) is 12.0. The first-order chi connectivity index (χ1) is 16.1. The number of nitrogens with one attached hydrogen (secondary N) is 1. The van der Waals surface area contributed by atoms with Crippen LogP contribution in [0.25, 0.3) is 23.3 Å². The summed E-state index contributed by atoms with van der Waals surface area (Å²) in [6, 6.07) is 7.47. The Morgan fingerprint density at radius 2 is 1.55 bits per heavy atom. The fourth-order valence-electron chi connectivity index (χ4n) is 4.05. The first kappa shape index (κ1) is 24.7. The van der Waals surface area contributed by atoms with Gasteiger partial charge in [0.1, 0.15) is 0 Å². The van der Waals surface area contributed by atoms with Gasteiger partial charge in [0, 0.05) is 17.7 Å². The lowest BCUT2D eigenvalue weighted by Gasteiger charge is -2.06. The number of nitrogens with zero attached hydrogens (tertiary/aromatic N) is 4. The highest BCUT2D eigenvalue weighted by atomic mass is 16.2. The Labute approximate surface area is 196 Å². The number of anilines is 1. The molecule has 0 fully saturated rings. The molecule has 0 aliphatic carbocycles. The molecule has 0 aliphatic heterocycles. The summed E-state index contributed by atoms with van der Waals surface area (Å²) in [7, 11) is 0. The predicted octanol–water partition coefficient (Wildman–Crippen LogP) is 5.75. The number of carbonyl (C=O) groups is 1. The summed E-state index contributed by atoms with van der Waals surface area (Å²) in [5.74, 6) is 0.583. The van der Waals surface area contributed by atoms with Gasteiger partial charge in [0.25, 0.3) is 0 Å². The molecule has 0 aliphatic rings. The van der Waals surface area contributed by atoms with Gasteiger partial charge in [-0.1, -0.05) is 71.1 Å². The monoisotopic (exact) mass is 451 g/mol. The summed E-state index contributed by atoms with van der Waals surface area (Å²) in [5, 5.41) is 21.5. The van der Waals surface area contributed by atoms with Crippen LogP contribution in [0.3, 0.4) is 0 Å². The second-order valence-electron chi connectivity index (χ2n) is 8.79. The Bertz CT molecular complexity index is 1060. The smallest absolute Gasteiger partial charge is 0.224 e. The molecule has 2 aromatic heterocycles. The molecular formula is C26H37N5O2. The number of amides is 1. The Morgan fingerprint density at radius 3 is 2.15 bits per heavy atom. The lowest BCUT2D eigenvalue weighted by atomic mass is 10.1. The van der Waals surface area contributed by atoms with Gasteiger partial charge < -0.3 is 10.4 Å². The van der Waals surface area contributed by atoms with Crippen LogP contribution in [0.1, 0.15) is 89.7 Å². The molecule has 0 atom stereocenters. The van der Waals surface area contributed by atoms with Crippen LogP contribution < -0.4 is 10.5 Å². The van der Waals surface area contributed by atoms with Crippen molar-refractivity contribution in [3.8, 4) is 11.4 Å². The van der Waals surface area contributed by atoms with Gasteiger partial charge in [0.2, 0.25) is 5.91 Å². The number of rotatable bonds is 14. The van der Waals surface area contributed by atoms with Gasteiger partial charge in [0.05, 0.1) is 17.2 Å². The quantitative estimate of drug-likeness (QED) is 0.304. The van der Waals surface area contributed by atoms with Crippen LogP contribution in [0.2, 0.25) is 0 Å². The van der Waals surface area contributed by atoms with Gasteiger partial charge in [-0.25, -0.2) is 4.98 Å². The SMILES string of the molecule is CCCCCCCCCCCCCC(=O)Nc1ccc(-c2nc3/c(=C/O)c(C)nn3n2)cc1. The molecule has 0 unspecified atom stereocenters. The molecule has 3 aromatic rings. The van der Waals surface area contributed by atoms with Gasteiger partial charge >= 0.3 is 0 Å². The fourth-order valence-corrected chi connectivity index (χ4v) is 4.05. The van der Waals surface area contributed by atoms with Crippen LogP contribution >= 0.6 is 0 Å². The molecule has 0 saturated heterocycles. The summed E-state index contributed by atoms with van der Waals surface area (Å²) in [6.45, 7) is 4.05. The van der Waals surface area contributed by atoms with Gasteiger partial charge in [-0.15, -0.1) is 9.73 Å². The number of unbranched alkanes of at least 4 members (excludes halogenated alkanes) is 10. The van der Waals surface area contributed by atoms with E-state index >= 15 is 0 Å². The maximum Gasteiger partial charge on any atom is 0.224 e. The minimum absolute atomic E-state index is 0.0558. The zero-order valence-electron chi connectivity index (χ0n) is 20.0. The third kappa shape index (κ3) is 7.27. The standard InChI is InChI=1S/C26H37N5O2/c1-3-4-5-6-7-8-9-10-11-12-13-14-24(33)27-22-17-15-21(16-18-22)25-28-26-23(19-32)20(2)29-31(26)30-25/h15-19,32H,3-14H2,1-2H3,(H,27,33)/b23-19+. The highest BCUT2D eigenvalue weighted by molar-refractivity contribution is 5.90. The molecule has 0 saturated carbocycles. The molecular weight excluding hydrogens is 414 g/mol.